The Bertz CT molecular complexity index is 820. The van der Waals surface area contributed by atoms with Crippen molar-refractivity contribution in [2.45, 2.75) is 0 Å². The fraction of sp³-hybridized carbons (Fsp3) is 0. The van der Waals surface area contributed by atoms with E-state index in [1.54, 1.807) is 48.5 Å². The summed E-state index contributed by atoms with van der Waals surface area (Å²) in [5.74, 6) is -1.01. The number of rotatable bonds is 4. The van der Waals surface area contributed by atoms with Crippen LogP contribution in [0, 0.1) is 11.3 Å². The van der Waals surface area contributed by atoms with Crippen LogP contribution in [0.2, 0.25) is 5.02 Å². The topological polar surface area (TPSA) is 93.2 Å². The number of hydrogen-bond donors (Lipinski definition) is 1. The first-order valence-corrected chi connectivity index (χ1v) is 6.87. The van der Waals surface area contributed by atoms with Crippen LogP contribution in [0.4, 0.5) is 0 Å². The number of nitrogens with zero attached hydrogens (tertiary/aromatic N) is 1. The lowest BCUT2D eigenvalue weighted by Crippen LogP contribution is -2.12. The molecule has 2 rings (SSSR count). The van der Waals surface area contributed by atoms with Gasteiger partial charge >= 0.3 is 5.97 Å². The average Bonchev–Trinajstić information content (AvgIpc) is 2.53. The van der Waals surface area contributed by atoms with E-state index in [2.05, 4.69) is 0 Å². The number of primary amides is 1. The number of carbonyl (C=O) groups excluding carboxylic acids is 2. The molecule has 0 saturated carbocycles. The Labute approximate surface area is 137 Å². The molecule has 1 amide bonds. The number of ether oxygens (including phenoxy) is 1. The summed E-state index contributed by atoms with van der Waals surface area (Å²) in [6.45, 7) is 0. The molecule has 2 N–H and O–H groups in total. The first-order chi connectivity index (χ1) is 11.0. The van der Waals surface area contributed by atoms with Gasteiger partial charge < -0.3 is 10.5 Å². The highest BCUT2D eigenvalue weighted by atomic mass is 35.5. The molecule has 2 aromatic carbocycles. The van der Waals surface area contributed by atoms with Gasteiger partial charge in [-0.1, -0.05) is 29.8 Å². The quantitative estimate of drug-likeness (QED) is 0.404. The highest BCUT2D eigenvalue weighted by Gasteiger charge is 2.09. The van der Waals surface area contributed by atoms with Crippen molar-refractivity contribution >= 4 is 29.6 Å². The van der Waals surface area contributed by atoms with Gasteiger partial charge in [0.1, 0.15) is 17.4 Å². The molecule has 2 aromatic rings. The third-order valence-corrected chi connectivity index (χ3v) is 3.08. The maximum atomic E-state index is 12.0. The van der Waals surface area contributed by atoms with Crippen molar-refractivity contribution in [1.82, 2.24) is 0 Å². The van der Waals surface area contributed by atoms with Gasteiger partial charge in [0.2, 0.25) is 0 Å². The van der Waals surface area contributed by atoms with E-state index in [9.17, 15) is 9.59 Å². The molecule has 5 nitrogen and oxygen atoms in total. The minimum atomic E-state index is -0.802. The zero-order valence-corrected chi connectivity index (χ0v) is 12.6. The van der Waals surface area contributed by atoms with Crippen LogP contribution in [0.15, 0.2) is 54.1 Å². The minimum Gasteiger partial charge on any atom is -0.423 e. The molecular weight excluding hydrogens is 316 g/mol. The van der Waals surface area contributed by atoms with E-state index in [4.69, 9.17) is 27.3 Å². The molecule has 0 atom stereocenters. The van der Waals surface area contributed by atoms with Crippen molar-refractivity contribution in [3.63, 3.8) is 0 Å². The molecule has 0 unspecified atom stereocenters. The average molecular weight is 327 g/mol. The second-order valence-electron chi connectivity index (χ2n) is 4.50. The Morgan fingerprint density at radius 2 is 1.87 bits per heavy atom. The second kappa shape index (κ2) is 7.25. The van der Waals surface area contributed by atoms with Gasteiger partial charge in [0, 0.05) is 5.02 Å². The van der Waals surface area contributed by atoms with E-state index >= 15 is 0 Å². The summed E-state index contributed by atoms with van der Waals surface area (Å²) in [6, 6.07) is 14.4. The van der Waals surface area contributed by atoms with E-state index in [0.29, 0.717) is 21.9 Å². The molecule has 0 heterocycles. The molecule has 0 bridgehead atoms. The van der Waals surface area contributed by atoms with Crippen LogP contribution in [0.25, 0.3) is 6.08 Å². The van der Waals surface area contributed by atoms with Gasteiger partial charge in [-0.25, -0.2) is 4.79 Å². The number of esters is 1. The fourth-order valence-corrected chi connectivity index (χ4v) is 1.93. The maximum absolute atomic E-state index is 12.0. The van der Waals surface area contributed by atoms with Gasteiger partial charge in [-0.3, -0.25) is 4.79 Å². The summed E-state index contributed by atoms with van der Waals surface area (Å²) >= 11 is 5.82. The first-order valence-electron chi connectivity index (χ1n) is 6.49. The number of amides is 1. The predicted molar refractivity (Wildman–Crippen MR) is 85.6 cm³/mol. The molecule has 0 aliphatic carbocycles. The Balaban J connectivity index is 2.13. The lowest BCUT2D eigenvalue weighted by Gasteiger charge is -2.05. The number of carbonyl (C=O) groups is 2. The summed E-state index contributed by atoms with van der Waals surface area (Å²) < 4.78 is 5.21. The summed E-state index contributed by atoms with van der Waals surface area (Å²) in [5, 5.41) is 9.22. The third kappa shape index (κ3) is 4.43. The number of nitrogens with two attached hydrogens (primary N) is 1. The summed E-state index contributed by atoms with van der Waals surface area (Å²) in [4.78, 5) is 23.0. The van der Waals surface area contributed by atoms with E-state index < -0.39 is 11.9 Å². The normalized spacial score (nSPS) is 10.7. The first kappa shape index (κ1) is 16.3. The van der Waals surface area contributed by atoms with Crippen LogP contribution < -0.4 is 10.5 Å². The van der Waals surface area contributed by atoms with Crippen molar-refractivity contribution in [1.29, 1.82) is 5.26 Å². The summed E-state index contributed by atoms with van der Waals surface area (Å²) in [5.41, 5.74) is 5.82. The molecule has 0 spiro atoms. The molecule has 6 heteroatoms. The van der Waals surface area contributed by atoms with Crippen LogP contribution >= 0.6 is 11.6 Å². The molecule has 0 fully saturated rings. The Morgan fingerprint density at radius 3 is 2.43 bits per heavy atom. The SMILES string of the molecule is N#CC(=Cc1ccc(OC(=O)c2cccc(Cl)c2)cc1)C(N)=O. The standard InChI is InChI=1S/C17H11ClN2O3/c18-14-3-1-2-12(9-14)17(22)23-15-6-4-11(5-7-15)8-13(10-19)16(20)21/h1-9H,(H2,20,21). The van der Waals surface area contributed by atoms with Crippen molar-refractivity contribution in [2.24, 2.45) is 5.73 Å². The molecule has 0 aliphatic heterocycles. The smallest absolute Gasteiger partial charge is 0.343 e. The lowest BCUT2D eigenvalue weighted by molar-refractivity contribution is -0.114. The van der Waals surface area contributed by atoms with Crippen LogP contribution in [0.3, 0.4) is 0 Å². The van der Waals surface area contributed by atoms with Crippen LogP contribution in [0.1, 0.15) is 15.9 Å². The van der Waals surface area contributed by atoms with Gasteiger partial charge in [0.25, 0.3) is 5.91 Å². The molecule has 114 valence electrons. The van der Waals surface area contributed by atoms with Gasteiger partial charge in [-0.05, 0) is 42.0 Å². The largest absolute Gasteiger partial charge is 0.423 e. The molecular formula is C17H11ClN2O3. The van der Waals surface area contributed by atoms with Crippen LogP contribution in [-0.4, -0.2) is 11.9 Å². The second-order valence-corrected chi connectivity index (χ2v) is 4.94. The number of nitriles is 1. The monoisotopic (exact) mass is 326 g/mol. The van der Waals surface area contributed by atoms with Gasteiger partial charge in [-0.15, -0.1) is 0 Å². The number of halogens is 1. The highest BCUT2D eigenvalue weighted by Crippen LogP contribution is 2.17. The molecule has 0 aliphatic rings. The molecule has 0 saturated heterocycles. The Hall–Kier alpha value is -3.10. The molecule has 0 aromatic heterocycles. The Morgan fingerprint density at radius 1 is 1.17 bits per heavy atom. The summed E-state index contributed by atoms with van der Waals surface area (Å²) in [7, 11) is 0. The predicted octanol–water partition coefficient (Wildman–Crippen LogP) is 2.95. The molecule has 0 radical (unpaired) electrons. The number of benzene rings is 2. The van der Waals surface area contributed by atoms with Gasteiger partial charge in [0.15, 0.2) is 0 Å². The van der Waals surface area contributed by atoms with Gasteiger partial charge in [-0.2, -0.15) is 5.26 Å². The third-order valence-electron chi connectivity index (χ3n) is 2.85. The lowest BCUT2D eigenvalue weighted by atomic mass is 10.1. The van der Waals surface area contributed by atoms with E-state index in [0.717, 1.165) is 0 Å². The van der Waals surface area contributed by atoms with Crippen molar-refractivity contribution in [3.05, 3.63) is 70.3 Å². The van der Waals surface area contributed by atoms with Crippen molar-refractivity contribution < 1.29 is 14.3 Å². The minimum absolute atomic E-state index is 0.159. The van der Waals surface area contributed by atoms with Gasteiger partial charge in [0.05, 0.1) is 5.56 Å². The van der Waals surface area contributed by atoms with E-state index in [1.165, 1.54) is 12.1 Å². The van der Waals surface area contributed by atoms with Crippen LogP contribution in [-0.2, 0) is 4.79 Å². The fourth-order valence-electron chi connectivity index (χ4n) is 1.74. The van der Waals surface area contributed by atoms with Crippen molar-refractivity contribution in [3.8, 4) is 11.8 Å². The zero-order valence-electron chi connectivity index (χ0n) is 11.8. The Kier molecular flexibility index (Phi) is 5.13. The number of hydrogen-bond acceptors (Lipinski definition) is 4. The maximum Gasteiger partial charge on any atom is 0.343 e. The summed E-state index contributed by atoms with van der Waals surface area (Å²) in [6.07, 6.45) is 1.35. The van der Waals surface area contributed by atoms with Crippen LogP contribution in [0.5, 0.6) is 5.75 Å². The van der Waals surface area contributed by atoms with E-state index in [-0.39, 0.29) is 5.57 Å². The molecule has 23 heavy (non-hydrogen) atoms. The van der Waals surface area contributed by atoms with Crippen molar-refractivity contribution in [2.75, 3.05) is 0 Å². The zero-order chi connectivity index (χ0) is 16.8. The van der Waals surface area contributed by atoms with E-state index in [1.807, 2.05) is 0 Å². The highest BCUT2D eigenvalue weighted by molar-refractivity contribution is 6.30.